The predicted octanol–water partition coefficient (Wildman–Crippen LogP) is 4.45. The molecule has 2 rings (SSSR count). The van der Waals surface area contributed by atoms with Gasteiger partial charge in [-0.1, -0.05) is 26.0 Å². The van der Waals surface area contributed by atoms with Gasteiger partial charge < -0.3 is 10.1 Å². The van der Waals surface area contributed by atoms with E-state index in [-0.39, 0.29) is 16.5 Å². The smallest absolute Gasteiger partial charge is 0.292 e. The number of carbonyl (C=O) groups is 1. The van der Waals surface area contributed by atoms with Crippen LogP contribution < -0.4 is 15.4 Å². The fourth-order valence-electron chi connectivity index (χ4n) is 2.37. The highest BCUT2D eigenvalue weighted by molar-refractivity contribution is 7.80. The van der Waals surface area contributed by atoms with Crippen LogP contribution in [0.1, 0.15) is 36.2 Å². The quantitative estimate of drug-likeness (QED) is 0.404. The Labute approximate surface area is 169 Å². The van der Waals surface area contributed by atoms with Crippen LogP contribution >= 0.6 is 12.2 Å². The topological polar surface area (TPSA) is 93.5 Å². The molecule has 0 heterocycles. The van der Waals surface area contributed by atoms with Crippen LogP contribution in [0.25, 0.3) is 0 Å². The number of nitrogens with zero attached hydrogens (tertiary/aromatic N) is 1. The normalized spacial score (nSPS) is 10.4. The van der Waals surface area contributed by atoms with Crippen molar-refractivity contribution in [2.24, 2.45) is 5.92 Å². The molecule has 0 radical (unpaired) electrons. The maximum atomic E-state index is 12.4. The highest BCUT2D eigenvalue weighted by Crippen LogP contribution is 2.25. The first kappa shape index (κ1) is 21.3. The Kier molecular flexibility index (Phi) is 7.45. The zero-order valence-corrected chi connectivity index (χ0v) is 16.8. The van der Waals surface area contributed by atoms with Gasteiger partial charge in [0.05, 0.1) is 11.5 Å². The summed E-state index contributed by atoms with van der Waals surface area (Å²) in [5.74, 6) is 0.698. The number of ether oxygens (including phenoxy) is 1. The van der Waals surface area contributed by atoms with E-state index in [0.29, 0.717) is 23.8 Å². The van der Waals surface area contributed by atoms with E-state index >= 15 is 0 Å². The Hall–Kier alpha value is -3.00. The average Bonchev–Trinajstić information content (AvgIpc) is 2.63. The molecule has 0 unspecified atom stereocenters. The Morgan fingerprint density at radius 2 is 2.00 bits per heavy atom. The number of hydrogen-bond donors (Lipinski definition) is 2. The molecule has 0 aromatic heterocycles. The Morgan fingerprint density at radius 1 is 1.25 bits per heavy atom. The zero-order valence-electron chi connectivity index (χ0n) is 16.0. The summed E-state index contributed by atoms with van der Waals surface area (Å²) in [5, 5.41) is 16.4. The average molecular weight is 401 g/mol. The van der Waals surface area contributed by atoms with Gasteiger partial charge in [0.15, 0.2) is 5.11 Å². The summed E-state index contributed by atoms with van der Waals surface area (Å²) in [4.78, 5) is 23.1. The van der Waals surface area contributed by atoms with Crippen LogP contribution in [0, 0.1) is 23.0 Å². The monoisotopic (exact) mass is 401 g/mol. The molecule has 7 nitrogen and oxygen atoms in total. The Balaban J connectivity index is 2.01. The lowest BCUT2D eigenvalue weighted by Crippen LogP contribution is -2.34. The van der Waals surface area contributed by atoms with Crippen molar-refractivity contribution in [2.45, 2.75) is 27.2 Å². The number of aryl methyl sites for hydroxylation is 1. The first-order valence-electron chi connectivity index (χ1n) is 8.86. The second-order valence-electron chi connectivity index (χ2n) is 6.74. The van der Waals surface area contributed by atoms with Gasteiger partial charge in [-0.15, -0.1) is 0 Å². The molecular weight excluding hydrogens is 378 g/mol. The SMILES string of the molecule is Cc1ccc(NC(=S)NC(=O)c2cccc(OCCC(C)C)c2)c([N+](=O)[O-])c1. The number of hydrogen-bond acceptors (Lipinski definition) is 5. The minimum absolute atomic E-state index is 0.0249. The van der Waals surface area contributed by atoms with Crippen molar-refractivity contribution in [1.82, 2.24) is 5.32 Å². The van der Waals surface area contributed by atoms with Gasteiger partial charge in [-0.05, 0) is 61.3 Å². The van der Waals surface area contributed by atoms with Gasteiger partial charge in [-0.3, -0.25) is 20.2 Å². The second-order valence-corrected chi connectivity index (χ2v) is 7.15. The van der Waals surface area contributed by atoms with E-state index in [1.165, 1.54) is 6.07 Å². The zero-order chi connectivity index (χ0) is 20.7. The molecule has 0 spiro atoms. The number of anilines is 1. The fourth-order valence-corrected chi connectivity index (χ4v) is 2.57. The third-order valence-electron chi connectivity index (χ3n) is 3.89. The molecule has 1 amide bonds. The van der Waals surface area contributed by atoms with Gasteiger partial charge in [0.2, 0.25) is 0 Å². The number of nitro benzene ring substituents is 1. The van der Waals surface area contributed by atoms with Gasteiger partial charge in [0.1, 0.15) is 11.4 Å². The number of carbonyl (C=O) groups excluding carboxylic acids is 1. The first-order chi connectivity index (χ1) is 13.3. The molecule has 0 aliphatic rings. The summed E-state index contributed by atoms with van der Waals surface area (Å²) in [6.45, 7) is 6.55. The summed E-state index contributed by atoms with van der Waals surface area (Å²) in [6.07, 6.45) is 0.916. The van der Waals surface area contributed by atoms with E-state index in [9.17, 15) is 14.9 Å². The number of rotatable bonds is 7. The van der Waals surface area contributed by atoms with Crippen molar-refractivity contribution < 1.29 is 14.5 Å². The minimum atomic E-state index is -0.502. The molecule has 0 saturated carbocycles. The molecule has 0 aliphatic carbocycles. The van der Waals surface area contributed by atoms with Gasteiger partial charge in [-0.25, -0.2) is 0 Å². The molecule has 0 aliphatic heterocycles. The van der Waals surface area contributed by atoms with E-state index in [0.717, 1.165) is 12.0 Å². The number of amides is 1. The lowest BCUT2D eigenvalue weighted by Gasteiger charge is -2.12. The molecule has 28 heavy (non-hydrogen) atoms. The van der Waals surface area contributed by atoms with Crippen molar-refractivity contribution >= 4 is 34.6 Å². The summed E-state index contributed by atoms with van der Waals surface area (Å²) < 4.78 is 5.66. The molecular formula is C20H23N3O4S. The number of nitro groups is 1. The van der Waals surface area contributed by atoms with Gasteiger partial charge >= 0.3 is 0 Å². The highest BCUT2D eigenvalue weighted by atomic mass is 32.1. The predicted molar refractivity (Wildman–Crippen MR) is 113 cm³/mol. The standard InChI is InChI=1S/C20H23N3O4S/c1-13(2)9-10-27-16-6-4-5-15(12-16)19(24)22-20(28)21-17-8-7-14(3)11-18(17)23(25)26/h4-8,11-13H,9-10H2,1-3H3,(H2,21,22,24,28). The van der Waals surface area contributed by atoms with Crippen LogP contribution in [0.15, 0.2) is 42.5 Å². The van der Waals surface area contributed by atoms with Crippen LogP contribution in [-0.2, 0) is 0 Å². The highest BCUT2D eigenvalue weighted by Gasteiger charge is 2.16. The molecule has 0 fully saturated rings. The molecule has 0 bridgehead atoms. The van der Waals surface area contributed by atoms with Crippen LogP contribution in [0.2, 0.25) is 0 Å². The largest absolute Gasteiger partial charge is 0.494 e. The molecule has 148 valence electrons. The first-order valence-corrected chi connectivity index (χ1v) is 9.27. The summed E-state index contributed by atoms with van der Waals surface area (Å²) in [6, 6.07) is 11.5. The van der Waals surface area contributed by atoms with E-state index < -0.39 is 10.8 Å². The third-order valence-corrected chi connectivity index (χ3v) is 4.09. The van der Waals surface area contributed by atoms with E-state index in [1.54, 1.807) is 43.3 Å². The van der Waals surface area contributed by atoms with E-state index in [1.807, 2.05) is 0 Å². The van der Waals surface area contributed by atoms with Gasteiger partial charge in [0.25, 0.3) is 11.6 Å². The van der Waals surface area contributed by atoms with Crippen LogP contribution in [0.4, 0.5) is 11.4 Å². The maximum Gasteiger partial charge on any atom is 0.292 e. The minimum Gasteiger partial charge on any atom is -0.494 e. The summed E-state index contributed by atoms with van der Waals surface area (Å²) in [7, 11) is 0. The Morgan fingerprint density at radius 3 is 2.68 bits per heavy atom. The molecule has 0 atom stereocenters. The molecule has 8 heteroatoms. The second kappa shape index (κ2) is 9.80. The van der Waals surface area contributed by atoms with Crippen LogP contribution in [-0.4, -0.2) is 22.5 Å². The van der Waals surface area contributed by atoms with Crippen molar-refractivity contribution in [3.63, 3.8) is 0 Å². The summed E-state index contributed by atoms with van der Waals surface area (Å²) >= 11 is 5.13. The molecule has 2 N–H and O–H groups in total. The Bertz CT molecular complexity index is 884. The van der Waals surface area contributed by atoms with Crippen molar-refractivity contribution in [3.8, 4) is 5.75 Å². The molecule has 2 aromatic carbocycles. The fraction of sp³-hybridized carbons (Fsp3) is 0.300. The lowest BCUT2D eigenvalue weighted by atomic mass is 10.1. The van der Waals surface area contributed by atoms with E-state index in [4.69, 9.17) is 17.0 Å². The summed E-state index contributed by atoms with van der Waals surface area (Å²) in [5.41, 5.74) is 1.23. The van der Waals surface area contributed by atoms with Crippen LogP contribution in [0.5, 0.6) is 5.75 Å². The number of benzene rings is 2. The molecule has 2 aromatic rings. The maximum absolute atomic E-state index is 12.4. The van der Waals surface area contributed by atoms with Crippen molar-refractivity contribution in [1.29, 1.82) is 0 Å². The van der Waals surface area contributed by atoms with Gasteiger partial charge in [-0.2, -0.15) is 0 Å². The van der Waals surface area contributed by atoms with Gasteiger partial charge in [0, 0.05) is 11.6 Å². The number of thiocarbonyl (C=S) groups is 1. The van der Waals surface area contributed by atoms with Crippen molar-refractivity contribution in [2.75, 3.05) is 11.9 Å². The van der Waals surface area contributed by atoms with Crippen LogP contribution in [0.3, 0.4) is 0 Å². The lowest BCUT2D eigenvalue weighted by molar-refractivity contribution is -0.383. The third kappa shape index (κ3) is 6.31. The van der Waals surface area contributed by atoms with Crippen molar-refractivity contribution in [3.05, 3.63) is 63.7 Å². The number of nitrogens with one attached hydrogen (secondary N) is 2. The van der Waals surface area contributed by atoms with E-state index in [2.05, 4.69) is 24.5 Å². The molecule has 0 saturated heterocycles.